The molecule has 2 heterocycles. The Labute approximate surface area is 114 Å². The maximum absolute atomic E-state index is 11.8. The van der Waals surface area contributed by atoms with Crippen LogP contribution in [0.1, 0.15) is 32.3 Å². The van der Waals surface area contributed by atoms with Crippen LogP contribution in [0.4, 0.5) is 10.5 Å². The van der Waals surface area contributed by atoms with Crippen LogP contribution in [0.5, 0.6) is 0 Å². The van der Waals surface area contributed by atoms with Gasteiger partial charge in [0.1, 0.15) is 5.60 Å². The molecule has 5 heteroatoms. The van der Waals surface area contributed by atoms with Crippen LogP contribution in [0.25, 0.3) is 0 Å². The van der Waals surface area contributed by atoms with Crippen LogP contribution in [0.2, 0.25) is 0 Å². The molecule has 1 aliphatic rings. The number of nitrogens with zero attached hydrogens (tertiary/aromatic N) is 2. The molecule has 0 unspecified atom stereocenters. The summed E-state index contributed by atoms with van der Waals surface area (Å²) in [6.45, 7) is 7.01. The van der Waals surface area contributed by atoms with Gasteiger partial charge in [-0.15, -0.1) is 0 Å². The minimum absolute atomic E-state index is 0.237. The van der Waals surface area contributed by atoms with E-state index >= 15 is 0 Å². The molecule has 0 spiro atoms. The Hall–Kier alpha value is -1.78. The van der Waals surface area contributed by atoms with Crippen molar-refractivity contribution in [2.24, 2.45) is 0 Å². The van der Waals surface area contributed by atoms with Gasteiger partial charge in [-0.1, -0.05) is 0 Å². The molecule has 2 rings (SSSR count). The van der Waals surface area contributed by atoms with Gasteiger partial charge in [-0.25, -0.2) is 4.79 Å². The van der Waals surface area contributed by atoms with Crippen LogP contribution in [0.3, 0.4) is 0 Å². The summed E-state index contributed by atoms with van der Waals surface area (Å²) in [5, 5.41) is 3.15. The molecule has 1 N–H and O–H groups in total. The van der Waals surface area contributed by atoms with Gasteiger partial charge >= 0.3 is 6.09 Å². The van der Waals surface area contributed by atoms with E-state index in [1.54, 1.807) is 11.1 Å². The van der Waals surface area contributed by atoms with Crippen LogP contribution >= 0.6 is 0 Å². The van der Waals surface area contributed by atoms with Crippen molar-refractivity contribution >= 4 is 11.8 Å². The zero-order valence-electron chi connectivity index (χ0n) is 11.9. The maximum Gasteiger partial charge on any atom is 0.410 e. The number of pyridine rings is 1. The topological polar surface area (TPSA) is 54.5 Å². The van der Waals surface area contributed by atoms with E-state index in [1.807, 2.05) is 40.1 Å². The van der Waals surface area contributed by atoms with E-state index in [2.05, 4.69) is 10.3 Å². The SMILES string of the molecule is CNc1ccncc1C1CN(C(=O)OC(C)(C)C)C1. The molecule has 1 amide bonds. The number of ether oxygens (including phenoxy) is 1. The fourth-order valence-corrected chi connectivity index (χ4v) is 2.11. The minimum atomic E-state index is -0.438. The number of anilines is 1. The van der Waals surface area contributed by atoms with E-state index in [1.165, 1.54) is 0 Å². The van der Waals surface area contributed by atoms with Gasteiger partial charge in [0.15, 0.2) is 0 Å². The van der Waals surface area contributed by atoms with Gasteiger partial charge in [0.05, 0.1) is 0 Å². The number of amides is 1. The number of hydrogen-bond donors (Lipinski definition) is 1. The van der Waals surface area contributed by atoms with E-state index in [-0.39, 0.29) is 6.09 Å². The van der Waals surface area contributed by atoms with Gasteiger partial charge in [-0.2, -0.15) is 0 Å². The summed E-state index contributed by atoms with van der Waals surface area (Å²) in [5.74, 6) is 0.337. The molecule has 5 nitrogen and oxygen atoms in total. The lowest BCUT2D eigenvalue weighted by molar-refractivity contribution is 0.00821. The number of carbonyl (C=O) groups excluding carboxylic acids is 1. The van der Waals surface area contributed by atoms with E-state index in [4.69, 9.17) is 4.74 Å². The van der Waals surface area contributed by atoms with Crippen molar-refractivity contribution in [3.8, 4) is 0 Å². The van der Waals surface area contributed by atoms with Crippen LogP contribution in [0, 0.1) is 0 Å². The molecule has 104 valence electrons. The summed E-state index contributed by atoms with van der Waals surface area (Å²) in [7, 11) is 1.89. The smallest absolute Gasteiger partial charge is 0.410 e. The predicted octanol–water partition coefficient (Wildman–Crippen LogP) is 2.46. The van der Waals surface area contributed by atoms with E-state index in [9.17, 15) is 4.79 Å². The number of nitrogens with one attached hydrogen (secondary N) is 1. The third-order valence-electron chi connectivity index (χ3n) is 3.09. The van der Waals surface area contributed by atoms with Crippen molar-refractivity contribution in [1.82, 2.24) is 9.88 Å². The zero-order valence-corrected chi connectivity index (χ0v) is 11.9. The largest absolute Gasteiger partial charge is 0.444 e. The number of likely N-dealkylation sites (tertiary alicyclic amines) is 1. The Morgan fingerprint density at radius 3 is 2.74 bits per heavy atom. The summed E-state index contributed by atoms with van der Waals surface area (Å²) < 4.78 is 5.34. The third-order valence-corrected chi connectivity index (χ3v) is 3.09. The lowest BCUT2D eigenvalue weighted by atomic mass is 9.92. The highest BCUT2D eigenvalue weighted by molar-refractivity contribution is 5.70. The summed E-state index contributed by atoms with van der Waals surface area (Å²) >= 11 is 0. The molecule has 19 heavy (non-hydrogen) atoms. The molecule has 0 atom stereocenters. The monoisotopic (exact) mass is 263 g/mol. The molecule has 0 saturated carbocycles. The average Bonchev–Trinajstić information content (AvgIpc) is 2.25. The van der Waals surface area contributed by atoms with Gasteiger partial charge in [0.25, 0.3) is 0 Å². The Morgan fingerprint density at radius 1 is 1.47 bits per heavy atom. The van der Waals surface area contributed by atoms with Gasteiger partial charge in [0.2, 0.25) is 0 Å². The highest BCUT2D eigenvalue weighted by atomic mass is 16.6. The number of hydrogen-bond acceptors (Lipinski definition) is 4. The minimum Gasteiger partial charge on any atom is -0.444 e. The van der Waals surface area contributed by atoms with E-state index in [0.29, 0.717) is 19.0 Å². The fourth-order valence-electron chi connectivity index (χ4n) is 2.11. The van der Waals surface area contributed by atoms with Crippen LogP contribution < -0.4 is 5.32 Å². The van der Waals surface area contributed by atoms with Crippen molar-refractivity contribution in [2.45, 2.75) is 32.3 Å². The molecule has 1 aliphatic heterocycles. The van der Waals surface area contributed by atoms with Gasteiger partial charge in [0, 0.05) is 49.7 Å². The molecule has 1 aromatic heterocycles. The highest BCUT2D eigenvalue weighted by Crippen LogP contribution is 2.32. The Morgan fingerprint density at radius 2 is 2.16 bits per heavy atom. The third kappa shape index (κ3) is 3.16. The lowest BCUT2D eigenvalue weighted by Crippen LogP contribution is -2.50. The molecular formula is C14H21N3O2. The standard InChI is InChI=1S/C14H21N3O2/c1-14(2,3)19-13(18)17-8-10(9-17)11-7-16-6-5-12(11)15-4/h5-7,10H,8-9H2,1-4H3,(H,15,16). The molecule has 1 fully saturated rings. The van der Waals surface area contributed by atoms with Crippen LogP contribution in [-0.2, 0) is 4.74 Å². The van der Waals surface area contributed by atoms with Gasteiger partial charge in [-0.3, -0.25) is 4.98 Å². The summed E-state index contributed by atoms with van der Waals surface area (Å²) in [6.07, 6.45) is 3.39. The first-order valence-electron chi connectivity index (χ1n) is 6.50. The normalized spacial score (nSPS) is 15.9. The Bertz CT molecular complexity index is 462. The van der Waals surface area contributed by atoms with Gasteiger partial charge in [-0.05, 0) is 26.8 Å². The summed E-state index contributed by atoms with van der Waals surface area (Å²) in [5.41, 5.74) is 1.79. The second kappa shape index (κ2) is 5.07. The molecular weight excluding hydrogens is 242 g/mol. The quantitative estimate of drug-likeness (QED) is 0.890. The highest BCUT2D eigenvalue weighted by Gasteiger charge is 2.35. The first-order valence-corrected chi connectivity index (χ1v) is 6.50. The lowest BCUT2D eigenvalue weighted by Gasteiger charge is -2.40. The van der Waals surface area contributed by atoms with Crippen LogP contribution in [-0.4, -0.2) is 41.7 Å². The maximum atomic E-state index is 11.8. The predicted molar refractivity (Wildman–Crippen MR) is 74.3 cm³/mol. The zero-order chi connectivity index (χ0) is 14.0. The van der Waals surface area contributed by atoms with Crippen molar-refractivity contribution in [3.63, 3.8) is 0 Å². The van der Waals surface area contributed by atoms with Gasteiger partial charge < -0.3 is 15.0 Å². The Balaban J connectivity index is 1.94. The molecule has 1 saturated heterocycles. The van der Waals surface area contributed by atoms with Crippen molar-refractivity contribution in [3.05, 3.63) is 24.0 Å². The number of carbonyl (C=O) groups is 1. The van der Waals surface area contributed by atoms with Crippen molar-refractivity contribution < 1.29 is 9.53 Å². The molecule has 0 aromatic carbocycles. The number of aromatic nitrogens is 1. The molecule has 0 radical (unpaired) electrons. The summed E-state index contributed by atoms with van der Waals surface area (Å²) in [4.78, 5) is 17.7. The fraction of sp³-hybridized carbons (Fsp3) is 0.571. The van der Waals surface area contributed by atoms with Crippen molar-refractivity contribution in [2.75, 3.05) is 25.5 Å². The van der Waals surface area contributed by atoms with E-state index in [0.717, 1.165) is 11.3 Å². The van der Waals surface area contributed by atoms with Crippen molar-refractivity contribution in [1.29, 1.82) is 0 Å². The summed E-state index contributed by atoms with van der Waals surface area (Å²) in [6, 6.07) is 1.95. The number of rotatable bonds is 2. The second-order valence-electron chi connectivity index (χ2n) is 5.80. The first-order chi connectivity index (χ1) is 8.90. The first kappa shape index (κ1) is 13.6. The second-order valence-corrected chi connectivity index (χ2v) is 5.80. The Kier molecular flexibility index (Phi) is 3.64. The molecule has 0 aliphatic carbocycles. The molecule has 0 bridgehead atoms. The molecule has 1 aromatic rings. The average molecular weight is 263 g/mol. The van der Waals surface area contributed by atoms with Crippen LogP contribution in [0.15, 0.2) is 18.5 Å². The van der Waals surface area contributed by atoms with E-state index < -0.39 is 5.60 Å².